The molecule has 1 aromatic rings. The minimum Gasteiger partial charge on any atom is -0.481 e. The lowest BCUT2D eigenvalue weighted by Gasteiger charge is -2.15. The van der Waals surface area contributed by atoms with E-state index in [0.717, 1.165) is 10.7 Å². The van der Waals surface area contributed by atoms with E-state index in [4.69, 9.17) is 5.11 Å². The number of nitrogens with zero attached hydrogens (tertiary/aromatic N) is 2. The number of hydrogen-bond acceptors (Lipinski definition) is 4. The van der Waals surface area contributed by atoms with Gasteiger partial charge in [0.15, 0.2) is 0 Å². The van der Waals surface area contributed by atoms with Crippen LogP contribution in [0.1, 0.15) is 17.1 Å². The quantitative estimate of drug-likeness (QED) is 0.874. The Kier molecular flexibility index (Phi) is 3.15. The Morgan fingerprint density at radius 3 is 2.76 bits per heavy atom. The molecule has 1 N–H and O–H groups in total. The van der Waals surface area contributed by atoms with Crippen molar-refractivity contribution in [2.45, 2.75) is 19.9 Å². The molecule has 0 radical (unpaired) electrons. The van der Waals surface area contributed by atoms with Gasteiger partial charge in [-0.3, -0.25) is 9.59 Å². The molecule has 0 spiro atoms. The van der Waals surface area contributed by atoms with Crippen LogP contribution in [0, 0.1) is 18.8 Å². The zero-order valence-corrected chi connectivity index (χ0v) is 10.5. The zero-order valence-electron chi connectivity index (χ0n) is 9.71. The van der Waals surface area contributed by atoms with Crippen LogP contribution in [0.15, 0.2) is 5.38 Å². The molecule has 2 rings (SSSR count). The van der Waals surface area contributed by atoms with Crippen molar-refractivity contribution in [2.75, 3.05) is 7.05 Å². The predicted octanol–water partition coefficient (Wildman–Crippen LogP) is 1.13. The van der Waals surface area contributed by atoms with E-state index >= 15 is 0 Å². The van der Waals surface area contributed by atoms with Crippen LogP contribution < -0.4 is 0 Å². The summed E-state index contributed by atoms with van der Waals surface area (Å²) >= 11 is 1.54. The minimum atomic E-state index is -0.874. The number of carboxylic acid groups (broad SMARTS) is 1. The fourth-order valence-corrected chi connectivity index (χ4v) is 2.43. The first-order valence-electron chi connectivity index (χ1n) is 5.38. The first kappa shape index (κ1) is 12.0. The fourth-order valence-electron chi connectivity index (χ4n) is 1.83. The number of carboxylic acids is 1. The van der Waals surface area contributed by atoms with Gasteiger partial charge in [0, 0.05) is 12.4 Å². The molecule has 1 saturated carbocycles. The molecule has 1 amide bonds. The topological polar surface area (TPSA) is 70.5 Å². The molecule has 92 valence electrons. The lowest BCUT2D eigenvalue weighted by Crippen LogP contribution is -2.28. The number of hydrogen-bond donors (Lipinski definition) is 1. The molecule has 6 heteroatoms. The molecule has 0 unspecified atom stereocenters. The summed E-state index contributed by atoms with van der Waals surface area (Å²) in [6.07, 6.45) is 0.467. The highest BCUT2D eigenvalue weighted by Crippen LogP contribution is 2.40. The van der Waals surface area contributed by atoms with Crippen LogP contribution >= 0.6 is 11.3 Å². The van der Waals surface area contributed by atoms with E-state index < -0.39 is 11.9 Å². The first-order valence-corrected chi connectivity index (χ1v) is 6.26. The molecule has 2 atom stereocenters. The van der Waals surface area contributed by atoms with Gasteiger partial charge >= 0.3 is 5.97 Å². The number of aryl methyl sites for hydroxylation is 1. The number of aliphatic carboxylic acids is 1. The van der Waals surface area contributed by atoms with Crippen molar-refractivity contribution in [2.24, 2.45) is 11.8 Å². The van der Waals surface area contributed by atoms with Gasteiger partial charge in [-0.25, -0.2) is 4.98 Å². The molecule has 0 aliphatic heterocycles. The third-order valence-electron chi connectivity index (χ3n) is 2.87. The Balaban J connectivity index is 1.91. The van der Waals surface area contributed by atoms with Gasteiger partial charge in [0.05, 0.1) is 29.1 Å². The lowest BCUT2D eigenvalue weighted by atomic mass is 10.3. The standard InChI is InChI=1S/C11H14N2O3S/c1-6-12-7(5-17-6)4-13(2)10(14)8-3-9(8)11(15)16/h5,8-9H,3-4H2,1-2H3,(H,15,16)/t8-,9+/m1/s1. The molecule has 1 aromatic heterocycles. The van der Waals surface area contributed by atoms with Gasteiger partial charge in [-0.05, 0) is 13.3 Å². The summed E-state index contributed by atoms with van der Waals surface area (Å²) in [6.45, 7) is 2.36. The Hall–Kier alpha value is -1.43. The first-order chi connectivity index (χ1) is 7.99. The summed E-state index contributed by atoms with van der Waals surface area (Å²) < 4.78 is 0. The predicted molar refractivity (Wildman–Crippen MR) is 62.6 cm³/mol. The highest BCUT2D eigenvalue weighted by molar-refractivity contribution is 7.09. The summed E-state index contributed by atoms with van der Waals surface area (Å²) in [5, 5.41) is 11.7. The highest BCUT2D eigenvalue weighted by Gasteiger charge is 2.49. The van der Waals surface area contributed by atoms with E-state index in [1.165, 1.54) is 0 Å². The van der Waals surface area contributed by atoms with Gasteiger partial charge in [-0.2, -0.15) is 0 Å². The molecule has 1 fully saturated rings. The summed E-state index contributed by atoms with van der Waals surface area (Å²) in [5.74, 6) is -1.79. The second-order valence-corrected chi connectivity index (χ2v) is 5.40. The normalized spacial score (nSPS) is 22.2. The van der Waals surface area contributed by atoms with Crippen molar-refractivity contribution in [3.8, 4) is 0 Å². The van der Waals surface area contributed by atoms with Gasteiger partial charge in [-0.15, -0.1) is 11.3 Å². The van der Waals surface area contributed by atoms with E-state index in [0.29, 0.717) is 13.0 Å². The summed E-state index contributed by atoms with van der Waals surface area (Å²) in [7, 11) is 1.69. The monoisotopic (exact) mass is 254 g/mol. The summed E-state index contributed by atoms with van der Waals surface area (Å²) in [5.41, 5.74) is 0.857. The number of aromatic nitrogens is 1. The highest BCUT2D eigenvalue weighted by atomic mass is 32.1. The zero-order chi connectivity index (χ0) is 12.6. The summed E-state index contributed by atoms with van der Waals surface area (Å²) in [4.78, 5) is 28.4. The molecule has 17 heavy (non-hydrogen) atoms. The van der Waals surface area contributed by atoms with Crippen molar-refractivity contribution in [1.82, 2.24) is 9.88 Å². The smallest absolute Gasteiger partial charge is 0.307 e. The summed E-state index contributed by atoms with van der Waals surface area (Å²) in [6, 6.07) is 0. The molecule has 1 aliphatic carbocycles. The SMILES string of the molecule is Cc1nc(CN(C)C(=O)[C@@H]2C[C@@H]2C(=O)O)cs1. The Morgan fingerprint density at radius 1 is 1.59 bits per heavy atom. The molecular formula is C11H14N2O3S. The number of carbonyl (C=O) groups excluding carboxylic acids is 1. The average molecular weight is 254 g/mol. The second kappa shape index (κ2) is 4.44. The van der Waals surface area contributed by atoms with Gasteiger partial charge < -0.3 is 10.0 Å². The lowest BCUT2D eigenvalue weighted by molar-refractivity contribution is -0.141. The molecule has 0 saturated heterocycles. The Bertz CT molecular complexity index is 457. The average Bonchev–Trinajstić information content (AvgIpc) is 2.96. The van der Waals surface area contributed by atoms with Crippen LogP contribution in [0.2, 0.25) is 0 Å². The number of thiazole rings is 1. The molecular weight excluding hydrogens is 240 g/mol. The van der Waals surface area contributed by atoms with Crippen molar-refractivity contribution in [3.63, 3.8) is 0 Å². The largest absolute Gasteiger partial charge is 0.481 e. The minimum absolute atomic E-state index is 0.0944. The van der Waals surface area contributed by atoms with Crippen molar-refractivity contribution in [1.29, 1.82) is 0 Å². The van der Waals surface area contributed by atoms with Crippen LogP contribution in [-0.2, 0) is 16.1 Å². The van der Waals surface area contributed by atoms with E-state index in [1.54, 1.807) is 23.3 Å². The molecule has 0 aromatic carbocycles. The van der Waals surface area contributed by atoms with Gasteiger partial charge in [0.2, 0.25) is 5.91 Å². The van der Waals surface area contributed by atoms with E-state index in [9.17, 15) is 9.59 Å². The molecule has 5 nitrogen and oxygen atoms in total. The number of rotatable bonds is 4. The molecule has 0 bridgehead atoms. The van der Waals surface area contributed by atoms with Gasteiger partial charge in [-0.1, -0.05) is 0 Å². The van der Waals surface area contributed by atoms with Gasteiger partial charge in [0.25, 0.3) is 0 Å². The third kappa shape index (κ3) is 2.63. The van der Waals surface area contributed by atoms with E-state index in [1.807, 2.05) is 12.3 Å². The van der Waals surface area contributed by atoms with E-state index in [-0.39, 0.29) is 11.8 Å². The van der Waals surface area contributed by atoms with Crippen LogP contribution in [0.25, 0.3) is 0 Å². The van der Waals surface area contributed by atoms with Gasteiger partial charge in [0.1, 0.15) is 0 Å². The molecule has 1 heterocycles. The van der Waals surface area contributed by atoms with Crippen molar-refractivity contribution >= 4 is 23.2 Å². The third-order valence-corrected chi connectivity index (χ3v) is 3.69. The molecule has 1 aliphatic rings. The number of carbonyl (C=O) groups is 2. The van der Waals surface area contributed by atoms with Crippen LogP contribution in [0.4, 0.5) is 0 Å². The Morgan fingerprint density at radius 2 is 2.29 bits per heavy atom. The van der Waals surface area contributed by atoms with Crippen molar-refractivity contribution in [3.05, 3.63) is 16.1 Å². The van der Waals surface area contributed by atoms with Crippen LogP contribution in [0.5, 0.6) is 0 Å². The van der Waals surface area contributed by atoms with E-state index in [2.05, 4.69) is 4.98 Å². The fraction of sp³-hybridized carbons (Fsp3) is 0.545. The Labute approximate surface area is 103 Å². The van der Waals surface area contributed by atoms with Crippen LogP contribution in [0.3, 0.4) is 0 Å². The maximum Gasteiger partial charge on any atom is 0.307 e. The second-order valence-electron chi connectivity index (χ2n) is 4.34. The van der Waals surface area contributed by atoms with Crippen molar-refractivity contribution < 1.29 is 14.7 Å². The maximum atomic E-state index is 11.9. The van der Waals surface area contributed by atoms with Crippen LogP contribution in [-0.4, -0.2) is 33.9 Å². The maximum absolute atomic E-state index is 11.9. The number of amides is 1.